The number of rotatable bonds is 4. The van der Waals surface area contributed by atoms with Crippen LogP contribution >= 0.6 is 27.3 Å². The fourth-order valence-corrected chi connectivity index (χ4v) is 4.97. The van der Waals surface area contributed by atoms with Crippen molar-refractivity contribution < 1.29 is 8.42 Å². The minimum absolute atomic E-state index is 0.340. The zero-order chi connectivity index (χ0) is 12.3. The van der Waals surface area contributed by atoms with Crippen LogP contribution in [0.4, 0.5) is 0 Å². The van der Waals surface area contributed by atoms with Gasteiger partial charge < -0.3 is 5.32 Å². The average Bonchev–Trinajstić information content (AvgIpc) is 2.75. The first kappa shape index (κ1) is 13.2. The van der Waals surface area contributed by atoms with Crippen molar-refractivity contribution in [3.05, 3.63) is 27.6 Å². The van der Waals surface area contributed by atoms with Crippen LogP contribution in [0.2, 0.25) is 0 Å². The van der Waals surface area contributed by atoms with Crippen LogP contribution in [0.3, 0.4) is 0 Å². The Bertz CT molecular complexity index is 522. The van der Waals surface area contributed by atoms with Crippen molar-refractivity contribution >= 4 is 37.3 Å². The third kappa shape index (κ3) is 3.38. The quantitative estimate of drug-likeness (QED) is 0.823. The third-order valence-corrected chi connectivity index (χ3v) is 6.55. The normalized spacial score (nSPS) is 16.9. The van der Waals surface area contributed by atoms with E-state index in [0.717, 1.165) is 25.1 Å². The van der Waals surface area contributed by atoms with Crippen molar-refractivity contribution in [1.82, 2.24) is 10.0 Å². The van der Waals surface area contributed by atoms with Crippen molar-refractivity contribution in [2.75, 3.05) is 19.6 Å². The number of hydrogen-bond donors (Lipinski definition) is 2. The molecule has 0 amide bonds. The molecule has 0 fully saturated rings. The van der Waals surface area contributed by atoms with Crippen molar-refractivity contribution in [1.29, 1.82) is 0 Å². The van der Waals surface area contributed by atoms with Gasteiger partial charge in [-0.1, -0.05) is 11.6 Å². The van der Waals surface area contributed by atoms with E-state index in [1.165, 1.54) is 11.3 Å². The zero-order valence-corrected chi connectivity index (χ0v) is 12.3. The molecule has 1 aliphatic rings. The van der Waals surface area contributed by atoms with E-state index in [1.54, 1.807) is 11.4 Å². The van der Waals surface area contributed by atoms with Gasteiger partial charge in [0.2, 0.25) is 0 Å². The number of thiophene rings is 1. The maximum atomic E-state index is 12.0. The fraction of sp³-hybridized carbons (Fsp3) is 0.400. The summed E-state index contributed by atoms with van der Waals surface area (Å²) in [5.74, 6) is 0. The summed E-state index contributed by atoms with van der Waals surface area (Å²) in [6.07, 6.45) is 2.93. The highest BCUT2D eigenvalue weighted by Crippen LogP contribution is 2.27. The monoisotopic (exact) mass is 336 g/mol. The van der Waals surface area contributed by atoms with Gasteiger partial charge >= 0.3 is 0 Å². The molecule has 17 heavy (non-hydrogen) atoms. The maximum absolute atomic E-state index is 12.0. The minimum atomic E-state index is -3.39. The van der Waals surface area contributed by atoms with E-state index >= 15 is 0 Å². The molecule has 0 unspecified atom stereocenters. The zero-order valence-electron chi connectivity index (χ0n) is 9.07. The first-order valence-electron chi connectivity index (χ1n) is 5.21. The molecule has 94 valence electrons. The smallest absolute Gasteiger partial charge is 0.251 e. The standard InChI is InChI=1S/C10H13BrN2O2S2/c11-9-3-6-16-10(9)17(14,15)13-7-8-1-4-12-5-2-8/h1,3,6,12-13H,2,4-5,7H2. The van der Waals surface area contributed by atoms with Gasteiger partial charge in [0.1, 0.15) is 4.21 Å². The van der Waals surface area contributed by atoms with Gasteiger partial charge in [0, 0.05) is 17.6 Å². The van der Waals surface area contributed by atoms with Crippen LogP contribution in [-0.4, -0.2) is 28.1 Å². The van der Waals surface area contributed by atoms with Crippen LogP contribution < -0.4 is 10.0 Å². The van der Waals surface area contributed by atoms with Crippen LogP contribution in [0.25, 0.3) is 0 Å². The first-order valence-corrected chi connectivity index (χ1v) is 8.36. The Morgan fingerprint density at radius 1 is 1.53 bits per heavy atom. The van der Waals surface area contributed by atoms with Crippen molar-refractivity contribution in [2.24, 2.45) is 0 Å². The van der Waals surface area contributed by atoms with E-state index in [2.05, 4.69) is 26.0 Å². The molecular weight excluding hydrogens is 324 g/mol. The summed E-state index contributed by atoms with van der Waals surface area (Å²) in [5.41, 5.74) is 1.14. The number of nitrogens with one attached hydrogen (secondary N) is 2. The molecule has 4 nitrogen and oxygen atoms in total. The van der Waals surface area contributed by atoms with Gasteiger partial charge in [-0.3, -0.25) is 0 Å². The molecule has 7 heteroatoms. The van der Waals surface area contributed by atoms with Crippen LogP contribution in [0.1, 0.15) is 6.42 Å². The number of halogens is 1. The number of sulfonamides is 1. The summed E-state index contributed by atoms with van der Waals surface area (Å²) in [5, 5.41) is 4.94. The molecule has 0 spiro atoms. The van der Waals surface area contributed by atoms with Crippen molar-refractivity contribution in [2.45, 2.75) is 10.6 Å². The minimum Gasteiger partial charge on any atom is -0.313 e. The van der Waals surface area contributed by atoms with Crippen molar-refractivity contribution in [3.63, 3.8) is 0 Å². The van der Waals surface area contributed by atoms with E-state index < -0.39 is 10.0 Å². The Balaban J connectivity index is 2.03. The second kappa shape index (κ2) is 5.62. The Morgan fingerprint density at radius 2 is 2.35 bits per heavy atom. The molecule has 1 aromatic heterocycles. The molecule has 2 rings (SSSR count). The van der Waals surface area contributed by atoms with Crippen LogP contribution in [0.5, 0.6) is 0 Å². The van der Waals surface area contributed by atoms with Gasteiger partial charge in [-0.05, 0) is 40.3 Å². The second-order valence-corrected chi connectivity index (χ2v) is 7.43. The Hall–Kier alpha value is -0.210. The molecule has 0 aliphatic carbocycles. The molecule has 1 aliphatic heterocycles. The topological polar surface area (TPSA) is 58.2 Å². The highest BCUT2D eigenvalue weighted by Gasteiger charge is 2.19. The van der Waals surface area contributed by atoms with Crippen LogP contribution in [-0.2, 0) is 10.0 Å². The molecule has 2 N–H and O–H groups in total. The van der Waals surface area contributed by atoms with Gasteiger partial charge in [-0.2, -0.15) is 0 Å². The van der Waals surface area contributed by atoms with Gasteiger partial charge in [-0.15, -0.1) is 11.3 Å². The molecule has 0 saturated carbocycles. The lowest BCUT2D eigenvalue weighted by atomic mass is 10.1. The Kier molecular flexibility index (Phi) is 4.37. The molecule has 1 aromatic rings. The predicted molar refractivity (Wildman–Crippen MR) is 72.8 cm³/mol. The second-order valence-electron chi connectivity index (χ2n) is 3.70. The predicted octanol–water partition coefficient (Wildman–Crippen LogP) is 1.71. The molecule has 0 bridgehead atoms. The van der Waals surface area contributed by atoms with E-state index in [9.17, 15) is 8.42 Å². The lowest BCUT2D eigenvalue weighted by molar-refractivity contribution is 0.584. The summed E-state index contributed by atoms with van der Waals surface area (Å²) in [7, 11) is -3.39. The SMILES string of the molecule is O=S(=O)(NCC1=CCNCC1)c1sccc1Br. The van der Waals surface area contributed by atoms with Crippen molar-refractivity contribution in [3.8, 4) is 0 Å². The highest BCUT2D eigenvalue weighted by atomic mass is 79.9. The van der Waals surface area contributed by atoms with Crippen LogP contribution in [0, 0.1) is 0 Å². The fourth-order valence-electron chi connectivity index (χ4n) is 1.55. The van der Waals surface area contributed by atoms with E-state index in [4.69, 9.17) is 0 Å². The molecule has 0 saturated heterocycles. The molecule has 0 aromatic carbocycles. The first-order chi connectivity index (χ1) is 8.09. The molecular formula is C10H13BrN2O2S2. The van der Waals surface area contributed by atoms with Gasteiger partial charge in [0.15, 0.2) is 0 Å². The average molecular weight is 337 g/mol. The molecule has 0 radical (unpaired) electrons. The Morgan fingerprint density at radius 3 is 2.94 bits per heavy atom. The van der Waals surface area contributed by atoms with Crippen LogP contribution in [0.15, 0.2) is 31.8 Å². The van der Waals surface area contributed by atoms with Gasteiger partial charge in [0.05, 0.1) is 0 Å². The van der Waals surface area contributed by atoms with Gasteiger partial charge in [0.25, 0.3) is 10.0 Å². The Labute approximate surface area is 113 Å². The largest absolute Gasteiger partial charge is 0.313 e. The summed E-state index contributed by atoms with van der Waals surface area (Å²) >= 11 is 4.45. The summed E-state index contributed by atoms with van der Waals surface area (Å²) in [6.45, 7) is 2.13. The maximum Gasteiger partial charge on any atom is 0.251 e. The third-order valence-electron chi connectivity index (χ3n) is 2.48. The van der Waals surface area contributed by atoms with E-state index in [1.807, 2.05) is 6.08 Å². The van der Waals surface area contributed by atoms with E-state index in [-0.39, 0.29) is 0 Å². The molecule has 2 heterocycles. The lowest BCUT2D eigenvalue weighted by Gasteiger charge is -2.14. The lowest BCUT2D eigenvalue weighted by Crippen LogP contribution is -2.29. The summed E-state index contributed by atoms with van der Waals surface area (Å²) < 4.78 is 27.6. The summed E-state index contributed by atoms with van der Waals surface area (Å²) in [6, 6.07) is 1.74. The summed E-state index contributed by atoms with van der Waals surface area (Å²) in [4.78, 5) is 0. The van der Waals surface area contributed by atoms with E-state index in [0.29, 0.717) is 15.2 Å². The number of hydrogen-bond acceptors (Lipinski definition) is 4. The highest BCUT2D eigenvalue weighted by molar-refractivity contribution is 9.10. The van der Waals surface area contributed by atoms with Gasteiger partial charge in [-0.25, -0.2) is 13.1 Å². The molecule has 0 atom stereocenters.